The van der Waals surface area contributed by atoms with Crippen LogP contribution in [0.2, 0.25) is 0 Å². The van der Waals surface area contributed by atoms with Gasteiger partial charge in [-0.05, 0) is 0 Å². The van der Waals surface area contributed by atoms with Crippen molar-refractivity contribution in [3.8, 4) is 0 Å². The molecule has 0 aliphatic carbocycles. The molecule has 1 heterocycles. The molecule has 66 valence electrons. The van der Waals surface area contributed by atoms with Crippen LogP contribution in [0.5, 0.6) is 0 Å². The van der Waals surface area contributed by atoms with E-state index >= 15 is 0 Å². The predicted molar refractivity (Wildman–Crippen MR) is 31.3 cm³/mol. The zero-order chi connectivity index (χ0) is 8.74. The summed E-state index contributed by atoms with van der Waals surface area (Å²) in [5.41, 5.74) is 0. The Morgan fingerprint density at radius 1 is 1.09 bits per heavy atom. The van der Waals surface area contributed by atoms with E-state index in [4.69, 9.17) is 9.47 Å². The third kappa shape index (κ3) is 17.7. The van der Waals surface area contributed by atoms with E-state index in [2.05, 4.69) is 0 Å². The van der Waals surface area contributed by atoms with Crippen LogP contribution in [0.4, 0.5) is 17.3 Å². The fraction of sp³-hybridized carbons (Fsp3) is 0.750. The summed E-state index contributed by atoms with van der Waals surface area (Å²) >= 11 is 0. The Morgan fingerprint density at radius 3 is 1.73 bits per heavy atom. The van der Waals surface area contributed by atoms with Gasteiger partial charge < -0.3 is 22.0 Å². The molecule has 0 aromatic rings. The second-order valence-corrected chi connectivity index (χ2v) is 1.61. The van der Waals surface area contributed by atoms with E-state index in [-0.39, 0.29) is 0 Å². The molecule has 0 aromatic heterocycles. The Bertz CT molecular complexity index is 75.1. The van der Waals surface area contributed by atoms with Gasteiger partial charge in [-0.3, -0.25) is 0 Å². The Kier molecular flexibility index (Phi) is 5.05. The van der Waals surface area contributed by atoms with Crippen molar-refractivity contribution in [1.29, 1.82) is 0 Å². The van der Waals surface area contributed by atoms with Gasteiger partial charge in [-0.15, -0.1) is 0 Å². The summed E-state index contributed by atoms with van der Waals surface area (Å²) in [6.07, 6.45) is 0. The van der Waals surface area contributed by atoms with Crippen LogP contribution in [0.25, 0.3) is 0 Å². The van der Waals surface area contributed by atoms with Gasteiger partial charge in [0.25, 0.3) is 6.61 Å². The average Bonchev–Trinajstić information content (AvgIpc) is 1.88. The molecule has 0 aromatic carbocycles. The summed E-state index contributed by atoms with van der Waals surface area (Å²) in [4.78, 5) is 0. The van der Waals surface area contributed by atoms with Gasteiger partial charge in [0.1, 0.15) is 6.61 Å². The average molecular weight is 174 g/mol. The molecule has 0 atom stereocenters. The van der Waals surface area contributed by atoms with Gasteiger partial charge in [0, 0.05) is 0 Å². The number of rotatable bonds is 0. The molecule has 0 radical (unpaired) electrons. The fourth-order valence-electron chi connectivity index (χ4n) is 0.370. The van der Waals surface area contributed by atoms with Crippen LogP contribution in [-0.4, -0.2) is 27.1 Å². The monoisotopic (exact) mass is 174 g/mol. The van der Waals surface area contributed by atoms with Crippen molar-refractivity contribution in [2.45, 2.75) is 0 Å². The van der Waals surface area contributed by atoms with Crippen molar-refractivity contribution in [3.63, 3.8) is 0 Å². The van der Waals surface area contributed by atoms with Crippen LogP contribution in [0.15, 0.2) is 0 Å². The van der Waals surface area contributed by atoms with Crippen molar-refractivity contribution in [2.75, 3.05) is 19.8 Å². The molecule has 11 heavy (non-hydrogen) atoms. The minimum atomic E-state index is -6.00. The van der Waals surface area contributed by atoms with E-state index in [9.17, 15) is 17.3 Å². The highest BCUT2D eigenvalue weighted by atomic mass is 19.5. The summed E-state index contributed by atoms with van der Waals surface area (Å²) in [5.74, 6) is 0. The van der Waals surface area contributed by atoms with Gasteiger partial charge in [0.15, 0.2) is 0 Å². The van der Waals surface area contributed by atoms with Gasteiger partial charge in [-0.1, -0.05) is 0 Å². The van der Waals surface area contributed by atoms with E-state index in [0.717, 1.165) is 13.2 Å². The summed E-state index contributed by atoms with van der Waals surface area (Å²) in [7, 11) is -6.00. The molecule has 1 fully saturated rings. The summed E-state index contributed by atoms with van der Waals surface area (Å²) < 4.78 is 48.7. The summed E-state index contributed by atoms with van der Waals surface area (Å²) in [5, 5.41) is 0. The quantitative estimate of drug-likeness (QED) is 0.314. The molecule has 1 rings (SSSR count). The highest BCUT2D eigenvalue weighted by Gasteiger charge is 2.20. The van der Waals surface area contributed by atoms with Gasteiger partial charge in [0.05, 0.1) is 6.61 Å². The maximum atomic E-state index is 9.75. The smallest absolute Gasteiger partial charge is 0.418 e. The lowest BCUT2D eigenvalue weighted by molar-refractivity contribution is 0.00613. The van der Waals surface area contributed by atoms with E-state index in [1.807, 2.05) is 0 Å². The van der Waals surface area contributed by atoms with Crippen LogP contribution in [0, 0.1) is 6.61 Å². The summed E-state index contributed by atoms with van der Waals surface area (Å²) in [6, 6.07) is 0. The molecular formula is C4H7BF4O2. The van der Waals surface area contributed by atoms with Gasteiger partial charge in [0.2, 0.25) is 6.61 Å². The van der Waals surface area contributed by atoms with Crippen molar-refractivity contribution in [1.82, 2.24) is 0 Å². The Balaban J connectivity index is 0.000000187. The third-order valence-corrected chi connectivity index (χ3v) is 0.649. The minimum Gasteiger partial charge on any atom is -0.418 e. The van der Waals surface area contributed by atoms with Gasteiger partial charge >= 0.3 is 7.25 Å². The Morgan fingerprint density at radius 2 is 1.64 bits per heavy atom. The molecule has 0 bridgehead atoms. The lowest BCUT2D eigenvalue weighted by atomic mass is 10.3. The SMILES string of the molecule is F[B-](F)(F)F.[CH+]1COCCO1. The van der Waals surface area contributed by atoms with Crippen LogP contribution in [0.3, 0.4) is 0 Å². The van der Waals surface area contributed by atoms with Crippen LogP contribution in [-0.2, 0) is 9.47 Å². The molecular weight excluding hydrogens is 167 g/mol. The Labute approximate surface area is 61.6 Å². The highest BCUT2D eigenvalue weighted by Crippen LogP contribution is 2.06. The van der Waals surface area contributed by atoms with Crippen LogP contribution < -0.4 is 0 Å². The zero-order valence-electron chi connectivity index (χ0n) is 5.60. The molecule has 0 N–H and O–H groups in total. The topological polar surface area (TPSA) is 18.5 Å². The first kappa shape index (κ1) is 10.6. The van der Waals surface area contributed by atoms with Crippen LogP contribution >= 0.6 is 0 Å². The standard InChI is InChI=1S/C4H7O2.BF4/c1-2-6-4-3-5-1;2-1(3,4)5/h1H,2-4H2;/q+1;-1. The van der Waals surface area contributed by atoms with Crippen molar-refractivity contribution in [2.24, 2.45) is 0 Å². The van der Waals surface area contributed by atoms with Gasteiger partial charge in [-0.25, -0.2) is 0 Å². The largest absolute Gasteiger partial charge is 0.673 e. The molecule has 0 saturated carbocycles. The second kappa shape index (κ2) is 5.25. The van der Waals surface area contributed by atoms with E-state index in [1.54, 1.807) is 6.61 Å². The number of hydrogen-bond donors (Lipinski definition) is 0. The molecule has 7 heteroatoms. The zero-order valence-corrected chi connectivity index (χ0v) is 5.60. The first-order valence-electron chi connectivity index (χ1n) is 2.88. The Hall–Kier alpha value is -0.425. The second-order valence-electron chi connectivity index (χ2n) is 1.61. The van der Waals surface area contributed by atoms with Crippen molar-refractivity contribution in [3.05, 3.63) is 6.61 Å². The molecule has 0 spiro atoms. The van der Waals surface area contributed by atoms with E-state index < -0.39 is 7.25 Å². The first-order chi connectivity index (χ1) is 5.00. The summed E-state index contributed by atoms with van der Waals surface area (Å²) in [6.45, 7) is 3.79. The maximum Gasteiger partial charge on any atom is 0.673 e. The van der Waals surface area contributed by atoms with Crippen LogP contribution in [0.1, 0.15) is 0 Å². The number of halogens is 4. The van der Waals surface area contributed by atoms with Gasteiger partial charge in [-0.2, -0.15) is 4.74 Å². The third-order valence-electron chi connectivity index (χ3n) is 0.649. The maximum absolute atomic E-state index is 9.75. The lowest BCUT2D eigenvalue weighted by Gasteiger charge is -1.99. The molecule has 2 nitrogen and oxygen atoms in total. The first-order valence-corrected chi connectivity index (χ1v) is 2.88. The fourth-order valence-corrected chi connectivity index (χ4v) is 0.370. The highest BCUT2D eigenvalue weighted by molar-refractivity contribution is 6.50. The molecule has 0 amide bonds. The van der Waals surface area contributed by atoms with E-state index in [1.165, 1.54) is 0 Å². The predicted octanol–water partition coefficient (Wildman–Crippen LogP) is 1.49. The van der Waals surface area contributed by atoms with Crippen molar-refractivity contribution < 1.29 is 26.7 Å². The van der Waals surface area contributed by atoms with E-state index in [0.29, 0.717) is 6.61 Å². The number of ether oxygens (including phenoxy) is 2. The molecule has 1 saturated heterocycles. The number of hydrogen-bond acceptors (Lipinski definition) is 2. The molecule has 0 unspecified atom stereocenters. The normalized spacial score (nSPS) is 17.8. The molecule has 1 aliphatic heterocycles. The van der Waals surface area contributed by atoms with Crippen molar-refractivity contribution >= 4 is 7.25 Å². The minimum absolute atomic E-state index is 0.653. The molecule has 1 aliphatic rings. The lowest BCUT2D eigenvalue weighted by Crippen LogP contribution is -2.12.